The summed E-state index contributed by atoms with van der Waals surface area (Å²) in [5.74, 6) is -1.02. The van der Waals surface area contributed by atoms with Gasteiger partial charge in [-0.25, -0.2) is 15.4 Å². The first kappa shape index (κ1) is 17.5. The molecule has 0 unspecified atom stereocenters. The lowest BCUT2D eigenvalue weighted by Gasteiger charge is -2.27. The van der Waals surface area contributed by atoms with Gasteiger partial charge in [-0.3, -0.25) is 20.7 Å². The minimum absolute atomic E-state index is 0.0536. The van der Waals surface area contributed by atoms with Crippen molar-refractivity contribution in [2.75, 3.05) is 12.1 Å². The van der Waals surface area contributed by atoms with Crippen LogP contribution < -0.4 is 11.0 Å². The molecule has 2 aromatic rings. The Morgan fingerprint density at radius 2 is 2.16 bits per heavy atom. The normalized spacial score (nSPS) is 29.1. The third kappa shape index (κ3) is 2.52. The van der Waals surface area contributed by atoms with Crippen LogP contribution in [-0.2, 0) is 4.74 Å². The van der Waals surface area contributed by atoms with Crippen LogP contribution in [0, 0.1) is 0 Å². The fourth-order valence-electron chi connectivity index (χ4n) is 2.97. The van der Waals surface area contributed by atoms with Gasteiger partial charge in [0.1, 0.15) is 29.8 Å². The number of nitrogens with one attached hydrogen (secondary N) is 2. The first-order chi connectivity index (χ1) is 11.9. The molecular weight excluding hydrogens is 338 g/mol. The Kier molecular flexibility index (Phi) is 4.32. The number of nitrogens with zero attached hydrogens (tertiary/aromatic N) is 3. The Hall–Kier alpha value is -2.35. The number of hydrogen-bond acceptors (Lipinski definition) is 10. The first-order valence-electron chi connectivity index (χ1n) is 7.23. The van der Waals surface area contributed by atoms with E-state index < -0.39 is 36.6 Å². The standard InChI is InChI=1S/C13H17N5O7/c1-13(22)8(20)6(3-19)25-12(13)18-2-5(11(21)17-24)7-9(16-23)14-4-15-10(7)18/h2,4,6,8,12,19-20,22-24H,3H2,1H3,(H,17,21)(H,14,15,16)/t6-,8-,12-,13-/m1/s1. The maximum atomic E-state index is 11.9. The van der Waals surface area contributed by atoms with Crippen LogP contribution in [-0.4, -0.2) is 70.6 Å². The molecule has 0 spiro atoms. The van der Waals surface area contributed by atoms with Gasteiger partial charge in [0.15, 0.2) is 12.0 Å². The Morgan fingerprint density at radius 3 is 2.72 bits per heavy atom. The lowest BCUT2D eigenvalue weighted by Crippen LogP contribution is -2.44. The molecule has 0 bridgehead atoms. The van der Waals surface area contributed by atoms with Gasteiger partial charge in [0.05, 0.1) is 17.6 Å². The van der Waals surface area contributed by atoms with Crippen molar-refractivity contribution in [1.82, 2.24) is 20.0 Å². The van der Waals surface area contributed by atoms with Crippen molar-refractivity contribution in [3.05, 3.63) is 18.1 Å². The van der Waals surface area contributed by atoms with Crippen molar-refractivity contribution in [2.24, 2.45) is 0 Å². The topological polar surface area (TPSA) is 182 Å². The van der Waals surface area contributed by atoms with Gasteiger partial charge in [-0.15, -0.1) is 0 Å². The number of fused-ring (bicyclic) bond motifs is 1. The number of aromatic nitrogens is 3. The second-order valence-electron chi connectivity index (χ2n) is 5.80. The van der Waals surface area contributed by atoms with E-state index in [4.69, 9.17) is 9.94 Å². The second-order valence-corrected chi connectivity index (χ2v) is 5.80. The molecular formula is C13H17N5O7. The number of carbonyl (C=O) groups is 1. The zero-order valence-electron chi connectivity index (χ0n) is 13.0. The fraction of sp³-hybridized carbons (Fsp3) is 0.462. The molecule has 0 aliphatic carbocycles. The van der Waals surface area contributed by atoms with Crippen LogP contribution in [0.4, 0.5) is 5.82 Å². The SMILES string of the molecule is C[C@@]1(O)[C@H](O)[C@@H](CO)O[C@H]1n1cc(C(=O)NO)c2c(NO)ncnc21. The van der Waals surface area contributed by atoms with Gasteiger partial charge in [0, 0.05) is 6.20 Å². The number of aliphatic hydroxyl groups excluding tert-OH is 2. The Labute approximate surface area is 140 Å². The number of amides is 1. The van der Waals surface area contributed by atoms with E-state index in [1.807, 2.05) is 5.48 Å². The first-order valence-corrected chi connectivity index (χ1v) is 7.23. The van der Waals surface area contributed by atoms with E-state index in [1.54, 1.807) is 0 Å². The predicted molar refractivity (Wildman–Crippen MR) is 79.8 cm³/mol. The largest absolute Gasteiger partial charge is 0.394 e. The minimum atomic E-state index is -1.82. The van der Waals surface area contributed by atoms with Crippen LogP contribution in [0.2, 0.25) is 0 Å². The van der Waals surface area contributed by atoms with E-state index in [0.29, 0.717) is 0 Å². The maximum absolute atomic E-state index is 11.9. The smallest absolute Gasteiger partial charge is 0.277 e. The van der Waals surface area contributed by atoms with Gasteiger partial charge in [0.2, 0.25) is 0 Å². The van der Waals surface area contributed by atoms with Crippen LogP contribution in [0.25, 0.3) is 11.0 Å². The van der Waals surface area contributed by atoms with Crippen LogP contribution in [0.3, 0.4) is 0 Å². The average Bonchev–Trinajstić information content (AvgIpc) is 3.10. The highest BCUT2D eigenvalue weighted by Gasteiger charge is 2.53. The van der Waals surface area contributed by atoms with Crippen molar-refractivity contribution in [2.45, 2.75) is 31.0 Å². The van der Waals surface area contributed by atoms with E-state index >= 15 is 0 Å². The lowest BCUT2D eigenvalue weighted by molar-refractivity contribution is -0.0948. The molecule has 12 heteroatoms. The summed E-state index contributed by atoms with van der Waals surface area (Å²) in [7, 11) is 0. The summed E-state index contributed by atoms with van der Waals surface area (Å²) in [6, 6.07) is 0. The van der Waals surface area contributed by atoms with Crippen molar-refractivity contribution in [1.29, 1.82) is 0 Å². The summed E-state index contributed by atoms with van der Waals surface area (Å²) >= 11 is 0. The summed E-state index contributed by atoms with van der Waals surface area (Å²) in [6.07, 6.45) is -1.33. The zero-order valence-corrected chi connectivity index (χ0v) is 13.0. The van der Waals surface area contributed by atoms with Crippen LogP contribution in [0.5, 0.6) is 0 Å². The second kappa shape index (κ2) is 6.18. The summed E-state index contributed by atoms with van der Waals surface area (Å²) in [6.45, 7) is 0.775. The van der Waals surface area contributed by atoms with Crippen molar-refractivity contribution in [3.8, 4) is 0 Å². The molecule has 4 atom stereocenters. The summed E-state index contributed by atoms with van der Waals surface area (Å²) in [5.41, 5.74) is 1.45. The third-order valence-electron chi connectivity index (χ3n) is 4.25. The highest BCUT2D eigenvalue weighted by atomic mass is 16.6. The van der Waals surface area contributed by atoms with E-state index in [1.165, 1.54) is 23.2 Å². The number of carbonyl (C=O) groups excluding carboxylic acids is 1. The van der Waals surface area contributed by atoms with Crippen molar-refractivity contribution >= 4 is 22.8 Å². The maximum Gasteiger partial charge on any atom is 0.277 e. The highest BCUT2D eigenvalue weighted by molar-refractivity contribution is 6.09. The van der Waals surface area contributed by atoms with Gasteiger partial charge in [-0.05, 0) is 6.92 Å². The molecule has 3 rings (SSSR count). The molecule has 25 heavy (non-hydrogen) atoms. The van der Waals surface area contributed by atoms with E-state index in [2.05, 4.69) is 9.97 Å². The molecule has 1 saturated heterocycles. The zero-order chi connectivity index (χ0) is 18.4. The van der Waals surface area contributed by atoms with Gasteiger partial charge in [-0.2, -0.15) is 0 Å². The van der Waals surface area contributed by atoms with E-state index in [-0.39, 0.29) is 22.4 Å². The van der Waals surface area contributed by atoms with Crippen LogP contribution >= 0.6 is 0 Å². The molecule has 1 amide bonds. The molecule has 0 saturated carbocycles. The van der Waals surface area contributed by atoms with E-state index in [0.717, 1.165) is 6.33 Å². The highest BCUT2D eigenvalue weighted by Crippen LogP contribution is 2.41. The molecule has 12 nitrogen and oxygen atoms in total. The quantitative estimate of drug-likeness (QED) is 0.248. The molecule has 7 N–H and O–H groups in total. The Morgan fingerprint density at radius 1 is 1.44 bits per heavy atom. The average molecular weight is 355 g/mol. The molecule has 1 aliphatic heterocycles. The summed E-state index contributed by atoms with van der Waals surface area (Å²) in [5, 5.41) is 48.2. The Balaban J connectivity index is 2.22. The van der Waals surface area contributed by atoms with Gasteiger partial charge >= 0.3 is 0 Å². The number of anilines is 1. The molecule has 1 fully saturated rings. The number of hydroxylamine groups is 1. The molecule has 0 radical (unpaired) electrons. The minimum Gasteiger partial charge on any atom is -0.394 e. The van der Waals surface area contributed by atoms with E-state index in [9.17, 15) is 25.3 Å². The molecule has 1 aliphatic rings. The Bertz CT molecular complexity index is 807. The van der Waals surface area contributed by atoms with Crippen LogP contribution in [0.15, 0.2) is 12.5 Å². The van der Waals surface area contributed by atoms with Gasteiger partial charge < -0.3 is 24.6 Å². The predicted octanol–water partition coefficient (Wildman–Crippen LogP) is -1.65. The van der Waals surface area contributed by atoms with Crippen LogP contribution in [0.1, 0.15) is 23.5 Å². The molecule has 0 aromatic carbocycles. The monoisotopic (exact) mass is 355 g/mol. The van der Waals surface area contributed by atoms with Crippen molar-refractivity contribution < 1.29 is 35.3 Å². The molecule has 136 valence electrons. The fourth-order valence-corrected chi connectivity index (χ4v) is 2.97. The third-order valence-corrected chi connectivity index (χ3v) is 4.25. The summed E-state index contributed by atoms with van der Waals surface area (Å²) < 4.78 is 6.76. The number of rotatable bonds is 4. The molecule has 2 aromatic heterocycles. The number of ether oxygens (including phenoxy) is 1. The lowest BCUT2D eigenvalue weighted by atomic mass is 9.96. The molecule has 3 heterocycles. The van der Waals surface area contributed by atoms with Gasteiger partial charge in [0.25, 0.3) is 5.91 Å². The number of hydrogen-bond donors (Lipinski definition) is 7. The number of aliphatic hydroxyl groups is 3. The van der Waals surface area contributed by atoms with Gasteiger partial charge in [-0.1, -0.05) is 0 Å². The summed E-state index contributed by atoms with van der Waals surface area (Å²) in [4.78, 5) is 19.7. The van der Waals surface area contributed by atoms with Crippen molar-refractivity contribution in [3.63, 3.8) is 0 Å².